The number of carbonyl (C=O) groups is 4. The monoisotopic (exact) mass is 1490 g/mol. The molecule has 0 bridgehead atoms. The lowest BCUT2D eigenvalue weighted by Crippen LogP contribution is -2.30. The largest absolute Gasteiger partial charge is 0.472 e. The molecule has 0 radical (unpaired) electrons. The van der Waals surface area contributed by atoms with Gasteiger partial charge in [-0.05, 0) is 31.6 Å². The fraction of sp³-hybridized carbons (Fsp3) is 0.952. The van der Waals surface area contributed by atoms with Crippen molar-refractivity contribution in [1.29, 1.82) is 0 Å². The maximum Gasteiger partial charge on any atom is 0.472 e. The number of rotatable bonds is 83. The Hall–Kier alpha value is -1.94. The molecule has 0 fully saturated rings. The average molecular weight is 1490 g/mol. The van der Waals surface area contributed by atoms with Gasteiger partial charge in [-0.2, -0.15) is 0 Å². The predicted molar refractivity (Wildman–Crippen MR) is 418 cm³/mol. The number of phosphoric acid groups is 2. The van der Waals surface area contributed by atoms with Crippen molar-refractivity contribution < 1.29 is 80.2 Å². The summed E-state index contributed by atoms with van der Waals surface area (Å²) in [5.74, 6) is -1.31. The predicted octanol–water partition coefficient (Wildman–Crippen LogP) is 25.2. The lowest BCUT2D eigenvalue weighted by Gasteiger charge is -2.21. The molecule has 17 nitrogen and oxygen atoms in total. The van der Waals surface area contributed by atoms with Crippen molar-refractivity contribution in [3.63, 3.8) is 0 Å². The topological polar surface area (TPSA) is 237 Å². The van der Waals surface area contributed by atoms with Gasteiger partial charge in [-0.1, -0.05) is 394 Å². The van der Waals surface area contributed by atoms with Crippen molar-refractivity contribution in [2.45, 2.75) is 464 Å². The fourth-order valence-corrected chi connectivity index (χ4v) is 14.5. The molecule has 3 N–H and O–H groups in total. The average Bonchev–Trinajstić information content (AvgIpc) is 0.910. The summed E-state index contributed by atoms with van der Waals surface area (Å²) in [4.78, 5) is 73.2. The van der Waals surface area contributed by atoms with Crippen LogP contribution in [0.15, 0.2) is 0 Å². The number of phosphoric ester groups is 2. The van der Waals surface area contributed by atoms with Crippen LogP contribution in [0.3, 0.4) is 0 Å². The van der Waals surface area contributed by atoms with Crippen LogP contribution in [-0.4, -0.2) is 96.7 Å². The number of esters is 4. The fourth-order valence-electron chi connectivity index (χ4n) is 12.9. The third kappa shape index (κ3) is 76.3. The van der Waals surface area contributed by atoms with Crippen molar-refractivity contribution >= 4 is 39.5 Å². The summed E-state index contributed by atoms with van der Waals surface area (Å²) in [6.07, 6.45) is 67.8. The van der Waals surface area contributed by atoms with Gasteiger partial charge in [0.2, 0.25) is 0 Å². The zero-order chi connectivity index (χ0) is 74.8. The summed E-state index contributed by atoms with van der Waals surface area (Å²) >= 11 is 0. The molecule has 19 heteroatoms. The Morgan fingerprint density at radius 1 is 0.265 bits per heavy atom. The highest BCUT2D eigenvalue weighted by Gasteiger charge is 2.30. The summed E-state index contributed by atoms with van der Waals surface area (Å²) in [5.41, 5.74) is 0. The second-order valence-corrected chi connectivity index (χ2v) is 33.3. The molecule has 0 aliphatic heterocycles. The van der Waals surface area contributed by atoms with Crippen molar-refractivity contribution in [2.24, 2.45) is 5.92 Å². The van der Waals surface area contributed by atoms with E-state index < -0.39 is 97.5 Å². The molecular formula is C83H162O17P2. The quantitative estimate of drug-likeness (QED) is 0.0222. The van der Waals surface area contributed by atoms with E-state index in [1.54, 1.807) is 0 Å². The van der Waals surface area contributed by atoms with Gasteiger partial charge in [0, 0.05) is 25.7 Å². The number of unbranched alkanes of at least 4 members (excludes halogenated alkanes) is 55. The zero-order valence-corrected chi connectivity index (χ0v) is 68.5. The van der Waals surface area contributed by atoms with Gasteiger partial charge in [0.05, 0.1) is 26.4 Å². The molecule has 0 heterocycles. The maximum atomic E-state index is 13.1. The van der Waals surface area contributed by atoms with E-state index in [1.165, 1.54) is 270 Å². The van der Waals surface area contributed by atoms with Gasteiger partial charge >= 0.3 is 39.5 Å². The van der Waals surface area contributed by atoms with Gasteiger partial charge in [0.1, 0.15) is 19.3 Å². The number of aliphatic hydroxyl groups excluding tert-OH is 1. The van der Waals surface area contributed by atoms with Crippen LogP contribution in [0.25, 0.3) is 0 Å². The number of hydrogen-bond acceptors (Lipinski definition) is 15. The maximum absolute atomic E-state index is 13.1. The van der Waals surface area contributed by atoms with Crippen LogP contribution in [0, 0.1) is 5.92 Å². The van der Waals surface area contributed by atoms with E-state index >= 15 is 0 Å². The van der Waals surface area contributed by atoms with Gasteiger partial charge in [0.15, 0.2) is 12.2 Å². The molecule has 2 unspecified atom stereocenters. The van der Waals surface area contributed by atoms with Gasteiger partial charge in [0.25, 0.3) is 0 Å². The lowest BCUT2D eigenvalue weighted by atomic mass is 10.0. The Morgan fingerprint density at radius 2 is 0.451 bits per heavy atom. The first-order chi connectivity index (χ1) is 49.5. The summed E-state index contributed by atoms with van der Waals surface area (Å²) < 4.78 is 68.9. The highest BCUT2D eigenvalue weighted by atomic mass is 31.2. The number of ether oxygens (including phenoxy) is 4. The van der Waals surface area contributed by atoms with Crippen LogP contribution in [0.1, 0.15) is 446 Å². The Kier molecular flexibility index (Phi) is 74.4. The highest BCUT2D eigenvalue weighted by Crippen LogP contribution is 2.45. The summed E-state index contributed by atoms with van der Waals surface area (Å²) in [6, 6.07) is 0. The molecule has 0 aromatic heterocycles. The molecule has 0 aromatic rings. The lowest BCUT2D eigenvalue weighted by molar-refractivity contribution is -0.161. The van der Waals surface area contributed by atoms with Gasteiger partial charge in [-0.3, -0.25) is 37.3 Å². The third-order valence-electron chi connectivity index (χ3n) is 19.5. The van der Waals surface area contributed by atoms with Crippen LogP contribution in [0.2, 0.25) is 0 Å². The minimum atomic E-state index is -4.96. The van der Waals surface area contributed by atoms with Crippen LogP contribution in [0.5, 0.6) is 0 Å². The van der Waals surface area contributed by atoms with Gasteiger partial charge < -0.3 is 33.8 Å². The van der Waals surface area contributed by atoms with E-state index in [-0.39, 0.29) is 25.7 Å². The molecular weight excluding hydrogens is 1330 g/mol. The van der Waals surface area contributed by atoms with Crippen LogP contribution in [0.4, 0.5) is 0 Å². The van der Waals surface area contributed by atoms with E-state index in [0.29, 0.717) is 25.7 Å². The molecule has 606 valence electrons. The first-order valence-corrected chi connectivity index (χ1v) is 46.1. The normalized spacial score (nSPS) is 13.8. The second-order valence-electron chi connectivity index (χ2n) is 30.3. The Morgan fingerprint density at radius 3 is 0.667 bits per heavy atom. The van der Waals surface area contributed by atoms with E-state index in [1.807, 2.05) is 0 Å². The summed E-state index contributed by atoms with van der Waals surface area (Å²) in [7, 11) is -9.92. The second kappa shape index (κ2) is 75.9. The molecule has 0 spiro atoms. The molecule has 0 amide bonds. The Bertz CT molecular complexity index is 1940. The van der Waals surface area contributed by atoms with Gasteiger partial charge in [-0.15, -0.1) is 0 Å². The first-order valence-electron chi connectivity index (χ1n) is 43.1. The van der Waals surface area contributed by atoms with E-state index in [4.69, 9.17) is 37.0 Å². The highest BCUT2D eigenvalue weighted by molar-refractivity contribution is 7.47. The third-order valence-corrected chi connectivity index (χ3v) is 21.4. The van der Waals surface area contributed by atoms with Crippen LogP contribution < -0.4 is 0 Å². The van der Waals surface area contributed by atoms with E-state index in [9.17, 15) is 43.2 Å². The zero-order valence-electron chi connectivity index (χ0n) is 66.8. The molecule has 0 rings (SSSR count). The molecule has 0 aromatic carbocycles. The van der Waals surface area contributed by atoms with E-state index in [0.717, 1.165) is 95.8 Å². The number of carbonyl (C=O) groups excluding carboxylic acids is 4. The molecule has 0 aliphatic rings. The number of aliphatic hydroxyl groups is 1. The molecule has 102 heavy (non-hydrogen) atoms. The molecule has 0 saturated carbocycles. The summed E-state index contributed by atoms with van der Waals surface area (Å²) in [6.45, 7) is 7.38. The Labute approximate surface area is 626 Å². The molecule has 5 atom stereocenters. The standard InChI is InChI=1S/C83H162O17P2/c1-6-9-12-15-18-21-24-27-29-31-33-38-44-49-54-59-64-69-83(88)100-79(73-94-81(86)67-62-57-52-47-42-39-34-36-40-45-50-55-60-65-76(4)5)75-98-102(91,92)96-71-77(84)70-95-101(89,90)97-74-78(72-93-80(85)66-61-56-51-46-41-35-26-23-20-17-14-11-8-3)99-82(87)68-63-58-53-48-43-37-32-30-28-25-22-19-16-13-10-7-2/h76-79,84H,6-75H2,1-5H3,(H,89,90)(H,91,92)/t77-,78+,79+/m0/s1. The van der Waals surface area contributed by atoms with Crippen molar-refractivity contribution in [3.8, 4) is 0 Å². The van der Waals surface area contributed by atoms with Crippen LogP contribution in [-0.2, 0) is 65.4 Å². The number of hydrogen-bond donors (Lipinski definition) is 3. The van der Waals surface area contributed by atoms with Crippen LogP contribution >= 0.6 is 15.6 Å². The SMILES string of the molecule is CCCCCCCCCCCCCCCCCCCC(=O)O[C@H](COC(=O)CCCCCCCCCCCCCCCC(C)C)COP(=O)(O)OC[C@@H](O)COP(=O)(O)OC[C@@H](COC(=O)CCCCCCCCCCCCCCC)OC(=O)CCCCCCCCCCCCCCCCCC. The van der Waals surface area contributed by atoms with Gasteiger partial charge in [-0.25, -0.2) is 9.13 Å². The van der Waals surface area contributed by atoms with Crippen molar-refractivity contribution in [1.82, 2.24) is 0 Å². The first kappa shape index (κ1) is 100. The van der Waals surface area contributed by atoms with Crippen molar-refractivity contribution in [3.05, 3.63) is 0 Å². The molecule has 0 aliphatic carbocycles. The summed E-state index contributed by atoms with van der Waals surface area (Å²) in [5, 5.41) is 10.7. The Balaban J connectivity index is 5.27. The van der Waals surface area contributed by atoms with Crippen molar-refractivity contribution in [2.75, 3.05) is 39.6 Å². The minimum absolute atomic E-state index is 0.109. The molecule has 0 saturated heterocycles. The minimum Gasteiger partial charge on any atom is -0.462 e. The smallest absolute Gasteiger partial charge is 0.462 e. The van der Waals surface area contributed by atoms with E-state index in [2.05, 4.69) is 34.6 Å².